The highest BCUT2D eigenvalue weighted by Crippen LogP contribution is 2.23. The number of nitrogens with zero attached hydrogens (tertiary/aromatic N) is 1. The lowest BCUT2D eigenvalue weighted by atomic mass is 10.1. The van der Waals surface area contributed by atoms with Crippen LogP contribution < -0.4 is 0 Å². The number of hydrogen-bond donors (Lipinski definition) is 0. The first-order chi connectivity index (χ1) is 9.58. The highest BCUT2D eigenvalue weighted by atomic mass is 16.5. The van der Waals surface area contributed by atoms with Gasteiger partial charge in [0.2, 0.25) is 5.91 Å². The second kappa shape index (κ2) is 5.90. The standard InChI is InChI=1S/C16H19NO3/c1-4-5-6-14-9-12-7-8-13(16(19)20-3)10-15(12)17(14)11(2)18/h7-10H,4-6H2,1-3H3. The van der Waals surface area contributed by atoms with E-state index in [0.29, 0.717) is 5.56 Å². The summed E-state index contributed by atoms with van der Waals surface area (Å²) < 4.78 is 6.42. The van der Waals surface area contributed by atoms with Gasteiger partial charge in [0.05, 0.1) is 18.2 Å². The number of unbranched alkanes of at least 4 members (excludes halogenated alkanes) is 1. The largest absolute Gasteiger partial charge is 0.465 e. The summed E-state index contributed by atoms with van der Waals surface area (Å²) in [6.45, 7) is 3.66. The molecule has 0 amide bonds. The van der Waals surface area contributed by atoms with Crippen LogP contribution in [0.3, 0.4) is 0 Å². The number of carbonyl (C=O) groups excluding carboxylic acids is 2. The van der Waals surface area contributed by atoms with E-state index >= 15 is 0 Å². The molecular weight excluding hydrogens is 254 g/mol. The Morgan fingerprint density at radius 3 is 2.60 bits per heavy atom. The van der Waals surface area contributed by atoms with Gasteiger partial charge in [0.1, 0.15) is 0 Å². The van der Waals surface area contributed by atoms with Crippen molar-refractivity contribution in [2.24, 2.45) is 0 Å². The summed E-state index contributed by atoms with van der Waals surface area (Å²) in [5.41, 5.74) is 2.23. The smallest absolute Gasteiger partial charge is 0.337 e. The number of aromatic nitrogens is 1. The molecule has 0 aliphatic heterocycles. The van der Waals surface area contributed by atoms with Crippen molar-refractivity contribution in [2.75, 3.05) is 7.11 Å². The molecule has 0 saturated carbocycles. The monoisotopic (exact) mass is 273 g/mol. The average molecular weight is 273 g/mol. The molecule has 0 unspecified atom stereocenters. The summed E-state index contributed by atoms with van der Waals surface area (Å²) in [5, 5.41) is 0.971. The fourth-order valence-corrected chi connectivity index (χ4v) is 2.42. The minimum atomic E-state index is -0.390. The van der Waals surface area contributed by atoms with Crippen LogP contribution >= 0.6 is 0 Å². The van der Waals surface area contributed by atoms with Crippen molar-refractivity contribution in [3.8, 4) is 0 Å². The van der Waals surface area contributed by atoms with Crippen molar-refractivity contribution in [2.45, 2.75) is 33.1 Å². The van der Waals surface area contributed by atoms with Gasteiger partial charge >= 0.3 is 5.97 Å². The first-order valence-corrected chi connectivity index (χ1v) is 6.82. The molecule has 2 aromatic rings. The first kappa shape index (κ1) is 14.3. The van der Waals surface area contributed by atoms with Gasteiger partial charge in [-0.3, -0.25) is 9.36 Å². The molecule has 0 spiro atoms. The number of hydrogen-bond acceptors (Lipinski definition) is 3. The third-order valence-electron chi connectivity index (χ3n) is 3.40. The van der Waals surface area contributed by atoms with Gasteiger partial charge in [0, 0.05) is 18.0 Å². The Hall–Kier alpha value is -2.10. The lowest BCUT2D eigenvalue weighted by molar-refractivity contribution is 0.0600. The molecular formula is C16H19NO3. The van der Waals surface area contributed by atoms with Gasteiger partial charge in [-0.2, -0.15) is 0 Å². The summed E-state index contributed by atoms with van der Waals surface area (Å²) in [5.74, 6) is -0.425. The van der Waals surface area contributed by atoms with Crippen molar-refractivity contribution in [1.29, 1.82) is 0 Å². The second-order valence-corrected chi connectivity index (χ2v) is 4.86. The SMILES string of the molecule is CCCCc1cc2ccc(C(=O)OC)cc2n1C(C)=O. The van der Waals surface area contributed by atoms with Crippen LogP contribution in [0, 0.1) is 0 Å². The zero-order chi connectivity index (χ0) is 14.7. The van der Waals surface area contributed by atoms with Crippen LogP contribution in [-0.4, -0.2) is 23.6 Å². The summed E-state index contributed by atoms with van der Waals surface area (Å²) in [6.07, 6.45) is 2.97. The molecule has 0 aliphatic carbocycles. The van der Waals surface area contributed by atoms with Gasteiger partial charge in [-0.05, 0) is 31.0 Å². The summed E-state index contributed by atoms with van der Waals surface area (Å²) >= 11 is 0. The number of carbonyl (C=O) groups is 2. The van der Waals surface area contributed by atoms with E-state index in [4.69, 9.17) is 4.74 Å². The highest BCUT2D eigenvalue weighted by molar-refractivity contribution is 5.98. The van der Waals surface area contributed by atoms with E-state index in [0.717, 1.165) is 35.9 Å². The number of rotatable bonds is 4. The van der Waals surface area contributed by atoms with Gasteiger partial charge in [-0.25, -0.2) is 4.79 Å². The van der Waals surface area contributed by atoms with Gasteiger partial charge in [-0.1, -0.05) is 19.4 Å². The molecule has 2 rings (SSSR count). The lowest BCUT2D eigenvalue weighted by Crippen LogP contribution is -2.10. The Bertz CT molecular complexity index is 655. The third kappa shape index (κ3) is 2.59. The fraction of sp³-hybridized carbons (Fsp3) is 0.375. The van der Waals surface area contributed by atoms with Crippen molar-refractivity contribution >= 4 is 22.8 Å². The van der Waals surface area contributed by atoms with Crippen LogP contribution in [0.15, 0.2) is 24.3 Å². The van der Waals surface area contributed by atoms with Crippen LogP contribution in [0.5, 0.6) is 0 Å². The zero-order valence-corrected chi connectivity index (χ0v) is 12.1. The topological polar surface area (TPSA) is 48.3 Å². The van der Waals surface area contributed by atoms with Crippen molar-refractivity contribution in [3.05, 3.63) is 35.5 Å². The normalized spacial score (nSPS) is 10.8. The number of aryl methyl sites for hydroxylation is 1. The van der Waals surface area contributed by atoms with E-state index in [-0.39, 0.29) is 5.91 Å². The quantitative estimate of drug-likeness (QED) is 0.802. The molecule has 1 aromatic heterocycles. The van der Waals surface area contributed by atoms with E-state index in [9.17, 15) is 9.59 Å². The predicted molar refractivity (Wildman–Crippen MR) is 78.2 cm³/mol. The molecule has 0 radical (unpaired) electrons. The molecule has 0 aliphatic rings. The molecule has 1 heterocycles. The number of methoxy groups -OCH3 is 1. The molecule has 0 N–H and O–H groups in total. The Morgan fingerprint density at radius 1 is 1.25 bits per heavy atom. The van der Waals surface area contributed by atoms with E-state index < -0.39 is 5.97 Å². The number of benzene rings is 1. The maximum Gasteiger partial charge on any atom is 0.337 e. The van der Waals surface area contributed by atoms with E-state index in [1.807, 2.05) is 12.1 Å². The van der Waals surface area contributed by atoms with E-state index in [2.05, 4.69) is 6.92 Å². The molecule has 4 nitrogen and oxygen atoms in total. The highest BCUT2D eigenvalue weighted by Gasteiger charge is 2.14. The average Bonchev–Trinajstić information content (AvgIpc) is 2.81. The van der Waals surface area contributed by atoms with Crippen molar-refractivity contribution in [1.82, 2.24) is 4.57 Å². The number of ether oxygens (including phenoxy) is 1. The van der Waals surface area contributed by atoms with Crippen molar-refractivity contribution < 1.29 is 14.3 Å². The van der Waals surface area contributed by atoms with Crippen LogP contribution in [0.4, 0.5) is 0 Å². The van der Waals surface area contributed by atoms with E-state index in [1.165, 1.54) is 7.11 Å². The molecule has 1 aromatic carbocycles. The third-order valence-corrected chi connectivity index (χ3v) is 3.40. The van der Waals surface area contributed by atoms with Crippen molar-refractivity contribution in [3.63, 3.8) is 0 Å². The Labute approximate surface area is 118 Å². The van der Waals surface area contributed by atoms with Crippen LogP contribution in [0.2, 0.25) is 0 Å². The van der Waals surface area contributed by atoms with Gasteiger partial charge in [-0.15, -0.1) is 0 Å². The maximum atomic E-state index is 11.9. The second-order valence-electron chi connectivity index (χ2n) is 4.86. The molecule has 0 atom stereocenters. The molecule has 4 heteroatoms. The first-order valence-electron chi connectivity index (χ1n) is 6.82. The van der Waals surface area contributed by atoms with E-state index in [1.54, 1.807) is 23.6 Å². The Morgan fingerprint density at radius 2 is 2.00 bits per heavy atom. The maximum absolute atomic E-state index is 11.9. The van der Waals surface area contributed by atoms with Gasteiger partial charge in [0.15, 0.2) is 0 Å². The summed E-state index contributed by atoms with van der Waals surface area (Å²) in [6, 6.07) is 7.32. The number of esters is 1. The molecule has 106 valence electrons. The summed E-state index contributed by atoms with van der Waals surface area (Å²) in [7, 11) is 1.35. The van der Waals surface area contributed by atoms with Crippen LogP contribution in [0.1, 0.15) is 47.5 Å². The van der Waals surface area contributed by atoms with Crippen LogP contribution in [-0.2, 0) is 11.2 Å². The Kier molecular flexibility index (Phi) is 4.23. The molecule has 0 bridgehead atoms. The fourth-order valence-electron chi connectivity index (χ4n) is 2.42. The zero-order valence-electron chi connectivity index (χ0n) is 12.1. The molecule has 20 heavy (non-hydrogen) atoms. The lowest BCUT2D eigenvalue weighted by Gasteiger charge is -2.06. The number of fused-ring (bicyclic) bond motifs is 1. The molecule has 0 saturated heterocycles. The molecule has 0 fully saturated rings. The van der Waals surface area contributed by atoms with Crippen LogP contribution in [0.25, 0.3) is 10.9 Å². The van der Waals surface area contributed by atoms with Gasteiger partial charge in [0.25, 0.3) is 0 Å². The Balaban J connectivity index is 2.57. The summed E-state index contributed by atoms with van der Waals surface area (Å²) in [4.78, 5) is 23.5. The van der Waals surface area contributed by atoms with Gasteiger partial charge < -0.3 is 4.74 Å². The minimum absolute atomic E-state index is 0.0341. The minimum Gasteiger partial charge on any atom is -0.465 e. The predicted octanol–water partition coefficient (Wildman–Crippen LogP) is 3.43.